The maximum Gasteiger partial charge on any atom is 0.421 e. The molecule has 0 bridgehead atoms. The summed E-state index contributed by atoms with van der Waals surface area (Å²) in [5, 5.41) is 2.69. The average molecular weight is 379 g/mol. The summed E-state index contributed by atoms with van der Waals surface area (Å²) in [6.45, 7) is 1.09. The Balaban J connectivity index is 1.97. The molecule has 0 aliphatic carbocycles. The van der Waals surface area contributed by atoms with Crippen LogP contribution in [0.1, 0.15) is 18.9 Å². The largest absolute Gasteiger partial charge is 0.421 e. The van der Waals surface area contributed by atoms with Crippen molar-refractivity contribution in [3.63, 3.8) is 0 Å². The van der Waals surface area contributed by atoms with E-state index in [4.69, 9.17) is 0 Å². The maximum absolute atomic E-state index is 12.9. The smallest absolute Gasteiger partial charge is 0.324 e. The molecule has 0 unspecified atom stereocenters. The molecule has 1 aliphatic heterocycles. The summed E-state index contributed by atoms with van der Waals surface area (Å²) in [6, 6.07) is 7.85. The minimum Gasteiger partial charge on any atom is -0.324 e. The molecule has 9 heteroatoms. The van der Waals surface area contributed by atoms with Crippen LogP contribution in [0.3, 0.4) is 0 Å². The Kier molecular flexibility index (Phi) is 4.77. The normalized spacial score (nSPS) is 17.1. The molecule has 1 atom stereocenters. The molecule has 1 N–H and O–H groups in total. The number of hydrogen-bond acceptors (Lipinski definition) is 3. The number of pyridine rings is 1. The number of para-hydroxylation sites is 2. The van der Waals surface area contributed by atoms with Crippen LogP contribution in [0.15, 0.2) is 47.4 Å². The summed E-state index contributed by atoms with van der Waals surface area (Å²) < 4.78 is 39.5. The number of nitrogens with one attached hydrogen (secondary N) is 1. The van der Waals surface area contributed by atoms with Crippen LogP contribution < -0.4 is 15.8 Å². The molecule has 0 radical (unpaired) electrons. The lowest BCUT2D eigenvalue weighted by molar-refractivity contribution is -0.139. The third-order valence-corrected chi connectivity index (χ3v) is 4.26. The molecule has 142 valence electrons. The second kappa shape index (κ2) is 6.90. The zero-order valence-corrected chi connectivity index (χ0v) is 14.3. The number of fused-ring (bicyclic) bond motifs is 1. The van der Waals surface area contributed by atoms with Gasteiger partial charge in [0.1, 0.15) is 12.1 Å². The standard InChI is InChI=1S/C18H16F3N3O3/c1-11-9-15(25)22-13-6-2-3-7-14(13)24(11)16(26)10-23-8-4-5-12(17(23)27)18(19,20)21/h2-8,11H,9-10H2,1H3,(H,22,25)/t11-/m0/s1. The summed E-state index contributed by atoms with van der Waals surface area (Å²) in [6.07, 6.45) is -3.65. The number of hydrogen-bond donors (Lipinski definition) is 1. The molecule has 1 aliphatic rings. The predicted molar refractivity (Wildman–Crippen MR) is 92.3 cm³/mol. The average Bonchev–Trinajstić information content (AvgIpc) is 2.69. The van der Waals surface area contributed by atoms with Gasteiger partial charge in [-0.1, -0.05) is 12.1 Å². The highest BCUT2D eigenvalue weighted by atomic mass is 19.4. The van der Waals surface area contributed by atoms with E-state index < -0.39 is 35.8 Å². The lowest BCUT2D eigenvalue weighted by atomic mass is 10.1. The summed E-state index contributed by atoms with van der Waals surface area (Å²) in [4.78, 5) is 38.2. The third-order valence-electron chi connectivity index (χ3n) is 4.26. The molecule has 2 aromatic rings. The Morgan fingerprint density at radius 2 is 1.89 bits per heavy atom. The van der Waals surface area contributed by atoms with Gasteiger partial charge in [-0.15, -0.1) is 0 Å². The molecule has 0 saturated carbocycles. The molecule has 0 fully saturated rings. The Hall–Kier alpha value is -3.10. The van der Waals surface area contributed by atoms with E-state index in [9.17, 15) is 27.6 Å². The minimum absolute atomic E-state index is 0.0257. The van der Waals surface area contributed by atoms with Crippen molar-refractivity contribution in [2.24, 2.45) is 0 Å². The fourth-order valence-electron chi connectivity index (χ4n) is 3.07. The van der Waals surface area contributed by atoms with Crippen LogP contribution in [-0.4, -0.2) is 22.4 Å². The maximum atomic E-state index is 12.9. The van der Waals surface area contributed by atoms with Crippen LogP contribution >= 0.6 is 0 Å². The lowest BCUT2D eigenvalue weighted by Gasteiger charge is -2.28. The number of carbonyl (C=O) groups is 2. The van der Waals surface area contributed by atoms with Gasteiger partial charge in [-0.3, -0.25) is 14.4 Å². The van der Waals surface area contributed by atoms with E-state index in [1.165, 1.54) is 4.90 Å². The summed E-state index contributed by atoms with van der Waals surface area (Å²) >= 11 is 0. The van der Waals surface area contributed by atoms with Gasteiger partial charge in [0, 0.05) is 18.7 Å². The van der Waals surface area contributed by atoms with Crippen molar-refractivity contribution >= 4 is 23.2 Å². The number of benzene rings is 1. The number of halogens is 3. The molecule has 0 saturated heterocycles. The fraction of sp³-hybridized carbons (Fsp3) is 0.278. The predicted octanol–water partition coefficient (Wildman–Crippen LogP) is 2.63. The molecule has 1 aromatic carbocycles. The van der Waals surface area contributed by atoms with Crippen molar-refractivity contribution in [1.29, 1.82) is 0 Å². The zero-order chi connectivity index (χ0) is 19.8. The first-order valence-corrected chi connectivity index (χ1v) is 8.16. The quantitative estimate of drug-likeness (QED) is 0.872. The van der Waals surface area contributed by atoms with Crippen LogP contribution in [0.2, 0.25) is 0 Å². The monoisotopic (exact) mass is 379 g/mol. The van der Waals surface area contributed by atoms with Gasteiger partial charge >= 0.3 is 6.18 Å². The first-order chi connectivity index (χ1) is 12.7. The van der Waals surface area contributed by atoms with Crippen molar-refractivity contribution < 1.29 is 22.8 Å². The molecule has 3 rings (SSSR count). The van der Waals surface area contributed by atoms with E-state index in [1.807, 2.05) is 0 Å². The van der Waals surface area contributed by atoms with Gasteiger partial charge in [0.05, 0.1) is 11.4 Å². The Labute approximate surface area is 152 Å². The lowest BCUT2D eigenvalue weighted by Crippen LogP contribution is -2.42. The van der Waals surface area contributed by atoms with Crippen LogP contribution in [0.5, 0.6) is 0 Å². The Morgan fingerprint density at radius 3 is 2.59 bits per heavy atom. The van der Waals surface area contributed by atoms with Gasteiger partial charge in [0.15, 0.2) is 0 Å². The van der Waals surface area contributed by atoms with Gasteiger partial charge in [-0.2, -0.15) is 13.2 Å². The molecule has 27 heavy (non-hydrogen) atoms. The number of alkyl halides is 3. The summed E-state index contributed by atoms with van der Waals surface area (Å²) in [7, 11) is 0. The molecule has 1 aromatic heterocycles. The van der Waals surface area contributed by atoms with Crippen molar-refractivity contribution in [2.75, 3.05) is 10.2 Å². The van der Waals surface area contributed by atoms with Gasteiger partial charge < -0.3 is 14.8 Å². The second-order valence-electron chi connectivity index (χ2n) is 6.23. The Bertz CT molecular complexity index is 953. The van der Waals surface area contributed by atoms with E-state index >= 15 is 0 Å². The van der Waals surface area contributed by atoms with E-state index in [1.54, 1.807) is 31.2 Å². The SMILES string of the molecule is C[C@H]1CC(=O)Nc2ccccc2N1C(=O)Cn1cccc(C(F)(F)F)c1=O. The van der Waals surface area contributed by atoms with Gasteiger partial charge in [0.2, 0.25) is 11.8 Å². The highest BCUT2D eigenvalue weighted by molar-refractivity contribution is 6.04. The van der Waals surface area contributed by atoms with Crippen molar-refractivity contribution in [3.8, 4) is 0 Å². The number of carbonyl (C=O) groups excluding carboxylic acids is 2. The molecular weight excluding hydrogens is 363 g/mol. The van der Waals surface area contributed by atoms with Crippen molar-refractivity contribution in [3.05, 3.63) is 58.5 Å². The van der Waals surface area contributed by atoms with Crippen molar-refractivity contribution in [2.45, 2.75) is 32.1 Å². The Morgan fingerprint density at radius 1 is 1.19 bits per heavy atom. The number of aromatic nitrogens is 1. The fourth-order valence-corrected chi connectivity index (χ4v) is 3.07. The van der Waals surface area contributed by atoms with Crippen LogP contribution in [0.4, 0.5) is 24.5 Å². The second-order valence-corrected chi connectivity index (χ2v) is 6.23. The van der Waals surface area contributed by atoms with Gasteiger partial charge in [0.25, 0.3) is 5.56 Å². The first-order valence-electron chi connectivity index (χ1n) is 8.16. The van der Waals surface area contributed by atoms with E-state index in [-0.39, 0.29) is 12.3 Å². The van der Waals surface area contributed by atoms with E-state index in [2.05, 4.69) is 5.32 Å². The zero-order valence-electron chi connectivity index (χ0n) is 14.3. The molecule has 6 nitrogen and oxygen atoms in total. The van der Waals surface area contributed by atoms with Crippen LogP contribution in [0, 0.1) is 0 Å². The molecular formula is C18H16F3N3O3. The number of anilines is 2. The minimum atomic E-state index is -4.80. The van der Waals surface area contributed by atoms with Crippen LogP contribution in [0.25, 0.3) is 0 Å². The summed E-state index contributed by atoms with van der Waals surface area (Å²) in [5.74, 6) is -0.866. The van der Waals surface area contributed by atoms with E-state index in [0.29, 0.717) is 17.4 Å². The highest BCUT2D eigenvalue weighted by Crippen LogP contribution is 2.31. The highest BCUT2D eigenvalue weighted by Gasteiger charge is 2.35. The third kappa shape index (κ3) is 3.71. The van der Waals surface area contributed by atoms with E-state index in [0.717, 1.165) is 16.8 Å². The van der Waals surface area contributed by atoms with Gasteiger partial charge in [-0.05, 0) is 31.2 Å². The molecule has 2 amide bonds. The molecule has 2 heterocycles. The van der Waals surface area contributed by atoms with Gasteiger partial charge in [-0.25, -0.2) is 0 Å². The summed E-state index contributed by atoms with van der Waals surface area (Å²) in [5.41, 5.74) is -1.76. The number of nitrogens with zero attached hydrogens (tertiary/aromatic N) is 2. The topological polar surface area (TPSA) is 71.4 Å². The first kappa shape index (κ1) is 18.7. The van der Waals surface area contributed by atoms with Crippen molar-refractivity contribution in [1.82, 2.24) is 4.57 Å². The van der Waals surface area contributed by atoms with Crippen LogP contribution in [-0.2, 0) is 22.3 Å². The number of rotatable bonds is 2. The molecule has 0 spiro atoms. The number of amides is 2.